The number of alkyl carbamates (subject to hydrolysis) is 3. The molecule has 29 heteroatoms. The molecule has 83 heavy (non-hydrogen) atoms. The Morgan fingerprint density at radius 2 is 0.807 bits per heavy atom. The summed E-state index contributed by atoms with van der Waals surface area (Å²) >= 11 is 4.86. The molecule has 0 spiro atoms. The van der Waals surface area contributed by atoms with Crippen molar-refractivity contribution in [2.75, 3.05) is 13.2 Å². The average Bonchev–Trinajstić information content (AvgIpc) is 3.34. The minimum atomic E-state index is -1.27. The Balaban J connectivity index is 0. The first-order chi connectivity index (χ1) is 37.7. The number of amides is 3. The third kappa shape index (κ3) is 37.5. The zero-order valence-electron chi connectivity index (χ0n) is 48.9. The molecular weight excluding hydrogens is 1140 g/mol. The van der Waals surface area contributed by atoms with Gasteiger partial charge in [0.15, 0.2) is 5.78 Å². The fourth-order valence-corrected chi connectivity index (χ4v) is 5.92. The topological polar surface area (TPSA) is 378 Å². The maximum atomic E-state index is 12.4. The zero-order chi connectivity index (χ0) is 63.3. The van der Waals surface area contributed by atoms with Gasteiger partial charge in [-0.2, -0.15) is 13.5 Å². The number of halogens is 1. The van der Waals surface area contributed by atoms with Gasteiger partial charge in [-0.15, -0.1) is 0 Å². The van der Waals surface area contributed by atoms with Crippen molar-refractivity contribution in [3.63, 3.8) is 0 Å². The molecule has 3 aromatic rings. The van der Waals surface area contributed by atoms with Gasteiger partial charge in [0, 0.05) is 67.3 Å². The van der Waals surface area contributed by atoms with E-state index in [4.69, 9.17) is 35.7 Å². The van der Waals surface area contributed by atoms with Crippen LogP contribution in [0.5, 0.6) is 0 Å². The van der Waals surface area contributed by atoms with Gasteiger partial charge in [0.25, 0.3) is 17.1 Å². The number of carbonyl (C=O) groups excluding carboxylic acids is 7. The largest absolute Gasteiger partial charge is 0.516 e. The summed E-state index contributed by atoms with van der Waals surface area (Å²) in [4.78, 5) is 123. The number of nitrogens with zero attached hydrogens (tertiary/aromatic N) is 3. The van der Waals surface area contributed by atoms with Gasteiger partial charge >= 0.3 is 41.8 Å². The lowest BCUT2D eigenvalue weighted by molar-refractivity contribution is -0.385. The highest BCUT2D eigenvalue weighted by atomic mass is 35.5. The number of benzene rings is 3. The van der Waals surface area contributed by atoms with Crippen molar-refractivity contribution >= 4 is 89.7 Å². The Kier molecular flexibility index (Phi) is 34.3. The number of ketones is 1. The monoisotopic (exact) mass is 1210 g/mol. The maximum absolute atomic E-state index is 12.4. The molecule has 0 heterocycles. The minimum absolute atomic E-state index is 0. The minimum Gasteiger partial charge on any atom is -0.480 e. The first-order valence-electron chi connectivity index (χ1n) is 25.3. The zero-order valence-corrected chi connectivity index (χ0v) is 50.6. The van der Waals surface area contributed by atoms with Gasteiger partial charge in [-0.25, -0.2) is 33.6 Å². The lowest BCUT2D eigenvalue weighted by Crippen LogP contribution is -2.46. The van der Waals surface area contributed by atoms with Crippen LogP contribution in [0.3, 0.4) is 0 Å². The molecule has 3 amide bonds. The highest BCUT2D eigenvalue weighted by molar-refractivity contribution is 7.59. The van der Waals surface area contributed by atoms with E-state index in [0.717, 1.165) is 5.56 Å². The van der Waals surface area contributed by atoms with Gasteiger partial charge in [0.05, 0.1) is 34.0 Å². The number of ether oxygens (including phenoxy) is 6. The Hall–Kier alpha value is -8.14. The SMILES string of the molecule is CC(C)(C)OC(=O)N[C@H](Cc1ccc([N+](=O)[O-])cc1)C(=O)O.CC(C)COC(=O)Cl.CC(C)COC(=O)OC(=O)[C@@H](Cc1ccc([N+](=O)[O-])cc1)NC(=O)OC(C)(C)C.CCC(=O)[C@@H](Cc1ccc([N+](=O)[O-])cc1)NC(=O)OC(C)(C)C.S. The van der Waals surface area contributed by atoms with Crippen LogP contribution in [0.2, 0.25) is 0 Å². The Bertz CT molecular complexity index is 2620. The molecule has 27 nitrogen and oxygen atoms in total. The van der Waals surface area contributed by atoms with E-state index in [-0.39, 0.29) is 74.5 Å². The van der Waals surface area contributed by atoms with Gasteiger partial charge < -0.3 is 49.5 Å². The van der Waals surface area contributed by atoms with Crippen LogP contribution in [0.15, 0.2) is 72.8 Å². The molecule has 3 aromatic carbocycles. The fourth-order valence-electron chi connectivity index (χ4n) is 5.85. The Morgan fingerprint density at radius 1 is 0.518 bits per heavy atom. The number of rotatable bonds is 20. The molecule has 0 saturated heterocycles. The van der Waals surface area contributed by atoms with Gasteiger partial charge in [-0.1, -0.05) is 71.0 Å². The van der Waals surface area contributed by atoms with Gasteiger partial charge in [0.1, 0.15) is 28.9 Å². The van der Waals surface area contributed by atoms with Crippen LogP contribution in [0, 0.1) is 42.2 Å². The molecule has 4 N–H and O–H groups in total. The first-order valence-corrected chi connectivity index (χ1v) is 25.7. The molecule has 0 radical (unpaired) electrons. The van der Waals surface area contributed by atoms with Crippen molar-refractivity contribution in [1.82, 2.24) is 16.0 Å². The number of aliphatic carboxylic acids is 1. The van der Waals surface area contributed by atoms with Crippen molar-refractivity contribution in [3.05, 3.63) is 120 Å². The number of carboxylic acid groups (broad SMARTS) is 1. The van der Waals surface area contributed by atoms with Gasteiger partial charge in [-0.05, 0) is 97.3 Å². The number of carboxylic acids is 1. The summed E-state index contributed by atoms with van der Waals surface area (Å²) in [5, 5.41) is 48.3. The summed E-state index contributed by atoms with van der Waals surface area (Å²) in [7, 11) is 0. The van der Waals surface area contributed by atoms with E-state index < -0.39 is 91.5 Å². The number of hydrogen-bond donors (Lipinski definition) is 4. The fraction of sp³-hybridized carbons (Fsp3) is 0.519. The summed E-state index contributed by atoms with van der Waals surface area (Å²) in [6.07, 6.45) is -3.11. The lowest BCUT2D eigenvalue weighted by Gasteiger charge is -2.23. The molecule has 0 bridgehead atoms. The van der Waals surface area contributed by atoms with E-state index >= 15 is 0 Å². The second kappa shape index (κ2) is 37.1. The number of nitro benzene ring substituents is 3. The predicted molar refractivity (Wildman–Crippen MR) is 308 cm³/mol. The van der Waals surface area contributed by atoms with Crippen molar-refractivity contribution < 1.29 is 86.7 Å². The summed E-state index contributed by atoms with van der Waals surface area (Å²) < 4.78 is 29.2. The second-order valence-electron chi connectivity index (χ2n) is 21.5. The number of non-ortho nitro benzene ring substituents is 3. The van der Waals surface area contributed by atoms with Crippen molar-refractivity contribution in [2.45, 2.75) is 158 Å². The van der Waals surface area contributed by atoms with Gasteiger partial charge in [-0.3, -0.25) is 35.1 Å². The number of nitro groups is 3. The molecule has 0 aromatic heterocycles. The molecule has 0 saturated carbocycles. The smallest absolute Gasteiger partial charge is 0.480 e. The maximum Gasteiger partial charge on any atom is 0.516 e. The Labute approximate surface area is 493 Å². The summed E-state index contributed by atoms with van der Waals surface area (Å²) in [6, 6.07) is 13.6. The first kappa shape index (κ1) is 76.9. The average molecular weight is 1210 g/mol. The van der Waals surface area contributed by atoms with Crippen LogP contribution < -0.4 is 16.0 Å². The molecule has 0 fully saturated rings. The number of carbonyl (C=O) groups is 8. The highest BCUT2D eigenvalue weighted by Gasteiger charge is 2.30. The van der Waals surface area contributed by atoms with E-state index in [1.165, 1.54) is 60.7 Å². The number of hydrogen-bond acceptors (Lipinski definition) is 20. The molecule has 0 unspecified atom stereocenters. The van der Waals surface area contributed by atoms with E-state index in [1.54, 1.807) is 81.4 Å². The highest BCUT2D eigenvalue weighted by Crippen LogP contribution is 2.18. The number of Topliss-reactive ketones (excluding diaryl/α,β-unsaturated/α-hetero) is 1. The summed E-state index contributed by atoms with van der Waals surface area (Å²) in [5.41, 5.74) is -1.37. The lowest BCUT2D eigenvalue weighted by atomic mass is 10.0. The Morgan fingerprint density at radius 3 is 1.07 bits per heavy atom. The standard InChI is InChI=1S/C19H26N2O8.C16H22N2O5.C14H18N2O6.C5H9ClO2.H2S/c1-12(2)11-27-18(24)28-16(22)15(20-17(23)29-19(3,4)5)10-13-6-8-14(9-7-13)21(25)26;1-5-14(19)13(17-15(20)23-16(2,3)4)10-11-6-8-12(9-7-11)18(21)22;1-14(2,3)22-13(19)15-11(12(17)18)8-9-4-6-10(7-5-9)16(20)21;1-4(2)3-8-5(6)7;/h6-9,12,15H,10-11H2,1-5H3,(H,20,23);6-9,13H,5,10H2,1-4H3,(H,17,20);4-7,11H,8H2,1-3H3,(H,15,19)(H,17,18);4H,3H2,1-2H3;1H2/t15-;13-;11-;;/m111../s1. The van der Waals surface area contributed by atoms with E-state index in [1.807, 2.05) is 27.7 Å². The summed E-state index contributed by atoms with van der Waals surface area (Å²) in [5.74, 6) is -1.98. The quantitative estimate of drug-likeness (QED) is 0.0204. The van der Waals surface area contributed by atoms with Crippen LogP contribution in [-0.4, -0.2) is 116 Å². The van der Waals surface area contributed by atoms with Gasteiger partial charge in [0.2, 0.25) is 0 Å². The van der Waals surface area contributed by atoms with Crippen LogP contribution in [-0.2, 0) is 62.1 Å². The molecular formula is C54H77ClN6O21S. The van der Waals surface area contributed by atoms with Crippen LogP contribution in [0.4, 0.5) is 41.0 Å². The van der Waals surface area contributed by atoms with E-state index in [0.29, 0.717) is 23.7 Å². The van der Waals surface area contributed by atoms with E-state index in [2.05, 4.69) is 25.4 Å². The molecule has 0 aliphatic heterocycles. The molecule has 3 atom stereocenters. The predicted octanol–water partition coefficient (Wildman–Crippen LogP) is 10.6. The number of nitrogens with one attached hydrogen (secondary N) is 3. The van der Waals surface area contributed by atoms with Crippen molar-refractivity contribution in [2.24, 2.45) is 11.8 Å². The summed E-state index contributed by atoms with van der Waals surface area (Å²) in [6.45, 7) is 24.9. The number of esters is 1. The molecule has 3 rings (SSSR count). The van der Waals surface area contributed by atoms with Crippen LogP contribution in [0.1, 0.15) is 120 Å². The third-order valence-corrected chi connectivity index (χ3v) is 9.51. The molecule has 0 aliphatic carbocycles. The molecule has 462 valence electrons. The van der Waals surface area contributed by atoms with Crippen LogP contribution in [0.25, 0.3) is 0 Å². The van der Waals surface area contributed by atoms with E-state index in [9.17, 15) is 68.7 Å². The van der Waals surface area contributed by atoms with Crippen LogP contribution >= 0.6 is 25.1 Å². The van der Waals surface area contributed by atoms with Crippen molar-refractivity contribution in [3.8, 4) is 0 Å². The molecule has 0 aliphatic rings. The van der Waals surface area contributed by atoms with Crippen molar-refractivity contribution in [1.29, 1.82) is 0 Å². The normalized spacial score (nSPS) is 11.8. The second-order valence-corrected chi connectivity index (χ2v) is 21.8. The third-order valence-electron chi connectivity index (χ3n) is 9.40.